The van der Waals surface area contributed by atoms with Crippen molar-refractivity contribution in [3.63, 3.8) is 0 Å². The van der Waals surface area contributed by atoms with Crippen LogP contribution >= 0.6 is 0 Å². The van der Waals surface area contributed by atoms with Crippen molar-refractivity contribution in [2.24, 2.45) is 11.3 Å². The van der Waals surface area contributed by atoms with Crippen molar-refractivity contribution >= 4 is 10.0 Å². The lowest BCUT2D eigenvalue weighted by Gasteiger charge is -2.31. The average Bonchev–Trinajstić information content (AvgIpc) is 2.75. The highest BCUT2D eigenvalue weighted by atomic mass is 32.2. The molecule has 0 radical (unpaired) electrons. The quantitative estimate of drug-likeness (QED) is 0.640. The first kappa shape index (κ1) is 16.9. The molecular formula is C14H30N2O2S. The molecule has 0 atom stereocenters. The van der Waals surface area contributed by atoms with Gasteiger partial charge in [-0.15, -0.1) is 0 Å². The van der Waals surface area contributed by atoms with E-state index in [1.807, 2.05) is 7.05 Å². The molecule has 4 nitrogen and oxygen atoms in total. The fraction of sp³-hybridized carbons (Fsp3) is 1.00. The van der Waals surface area contributed by atoms with Crippen LogP contribution in [0, 0.1) is 11.3 Å². The van der Waals surface area contributed by atoms with Gasteiger partial charge < -0.3 is 5.32 Å². The molecule has 0 aromatic rings. The highest BCUT2D eigenvalue weighted by Gasteiger charge is 2.35. The molecule has 19 heavy (non-hydrogen) atoms. The SMILES string of the molecule is CNCCCS(=O)(=O)NCC1(CC(C)C)CCCC1. The summed E-state index contributed by atoms with van der Waals surface area (Å²) in [5.41, 5.74) is 0.213. The molecule has 0 aliphatic heterocycles. The second-order valence-corrected chi connectivity index (χ2v) is 8.33. The van der Waals surface area contributed by atoms with Gasteiger partial charge in [0, 0.05) is 6.54 Å². The average molecular weight is 290 g/mol. The molecule has 0 bridgehead atoms. The normalized spacial score (nSPS) is 19.2. The molecule has 0 amide bonds. The Kier molecular flexibility index (Phi) is 6.77. The van der Waals surface area contributed by atoms with E-state index in [0.29, 0.717) is 18.9 Å². The number of rotatable bonds is 9. The van der Waals surface area contributed by atoms with E-state index in [1.54, 1.807) is 0 Å². The smallest absolute Gasteiger partial charge is 0.211 e. The van der Waals surface area contributed by atoms with E-state index in [-0.39, 0.29) is 11.2 Å². The molecule has 0 unspecified atom stereocenters. The molecular weight excluding hydrogens is 260 g/mol. The van der Waals surface area contributed by atoms with Crippen molar-refractivity contribution in [2.75, 3.05) is 25.9 Å². The van der Waals surface area contributed by atoms with E-state index >= 15 is 0 Å². The minimum atomic E-state index is -3.11. The zero-order valence-corrected chi connectivity index (χ0v) is 13.5. The Hall–Kier alpha value is -0.130. The number of hydrogen-bond donors (Lipinski definition) is 2. The van der Waals surface area contributed by atoms with Crippen LogP contribution in [0.1, 0.15) is 52.4 Å². The van der Waals surface area contributed by atoms with Gasteiger partial charge >= 0.3 is 0 Å². The van der Waals surface area contributed by atoms with Crippen LogP contribution in [-0.4, -0.2) is 34.3 Å². The Bertz CT molecular complexity index is 346. The summed E-state index contributed by atoms with van der Waals surface area (Å²) < 4.78 is 26.8. The highest BCUT2D eigenvalue weighted by molar-refractivity contribution is 7.89. The Labute approximate surface area is 118 Å². The summed E-state index contributed by atoms with van der Waals surface area (Å²) in [6, 6.07) is 0. The Morgan fingerprint density at radius 3 is 2.37 bits per heavy atom. The van der Waals surface area contributed by atoms with Crippen LogP contribution in [0.5, 0.6) is 0 Å². The lowest BCUT2D eigenvalue weighted by atomic mass is 9.79. The van der Waals surface area contributed by atoms with Gasteiger partial charge in [0.05, 0.1) is 5.75 Å². The van der Waals surface area contributed by atoms with E-state index in [4.69, 9.17) is 0 Å². The van der Waals surface area contributed by atoms with Crippen LogP contribution in [0.15, 0.2) is 0 Å². The Balaban J connectivity index is 2.47. The molecule has 1 aliphatic carbocycles. The second kappa shape index (κ2) is 7.60. The summed E-state index contributed by atoms with van der Waals surface area (Å²) in [5.74, 6) is 0.859. The molecule has 1 rings (SSSR count). The standard InChI is InChI=1S/C14H30N2O2S/c1-13(2)11-14(7-4-5-8-14)12-16-19(17,18)10-6-9-15-3/h13,15-16H,4-12H2,1-3H3. The van der Waals surface area contributed by atoms with E-state index < -0.39 is 10.0 Å². The maximum absolute atomic E-state index is 12.0. The number of sulfonamides is 1. The molecule has 114 valence electrons. The zero-order valence-electron chi connectivity index (χ0n) is 12.7. The largest absolute Gasteiger partial charge is 0.320 e. The van der Waals surface area contributed by atoms with Crippen LogP contribution in [0.3, 0.4) is 0 Å². The molecule has 2 N–H and O–H groups in total. The highest BCUT2D eigenvalue weighted by Crippen LogP contribution is 2.42. The van der Waals surface area contributed by atoms with Gasteiger partial charge in [0.2, 0.25) is 10.0 Å². The third kappa shape index (κ3) is 6.23. The first-order valence-electron chi connectivity index (χ1n) is 7.51. The van der Waals surface area contributed by atoms with Gasteiger partial charge in [-0.2, -0.15) is 0 Å². The number of nitrogens with one attached hydrogen (secondary N) is 2. The van der Waals surface area contributed by atoms with Crippen molar-refractivity contribution in [1.82, 2.24) is 10.0 Å². The predicted molar refractivity (Wildman–Crippen MR) is 80.7 cm³/mol. The van der Waals surface area contributed by atoms with Gasteiger partial charge in [-0.05, 0) is 50.6 Å². The number of hydrogen-bond acceptors (Lipinski definition) is 3. The second-order valence-electron chi connectivity index (χ2n) is 6.40. The van der Waals surface area contributed by atoms with E-state index in [2.05, 4.69) is 23.9 Å². The fourth-order valence-electron chi connectivity index (χ4n) is 3.22. The third-order valence-corrected chi connectivity index (χ3v) is 5.42. The van der Waals surface area contributed by atoms with E-state index in [9.17, 15) is 8.42 Å². The van der Waals surface area contributed by atoms with Crippen LogP contribution in [0.25, 0.3) is 0 Å². The zero-order chi connectivity index (χ0) is 14.4. The summed E-state index contributed by atoms with van der Waals surface area (Å²) in [7, 11) is -1.26. The molecule has 0 saturated heterocycles. The van der Waals surface area contributed by atoms with Gasteiger partial charge in [0.1, 0.15) is 0 Å². The van der Waals surface area contributed by atoms with Crippen molar-refractivity contribution in [1.29, 1.82) is 0 Å². The Morgan fingerprint density at radius 2 is 1.84 bits per heavy atom. The summed E-state index contributed by atoms with van der Waals surface area (Å²) >= 11 is 0. The van der Waals surface area contributed by atoms with Gasteiger partial charge in [-0.1, -0.05) is 26.7 Å². The van der Waals surface area contributed by atoms with Crippen molar-refractivity contribution < 1.29 is 8.42 Å². The predicted octanol–water partition coefficient (Wildman–Crippen LogP) is 2.12. The minimum Gasteiger partial charge on any atom is -0.320 e. The lowest BCUT2D eigenvalue weighted by molar-refractivity contribution is 0.236. The van der Waals surface area contributed by atoms with Gasteiger partial charge in [0.25, 0.3) is 0 Å². The van der Waals surface area contributed by atoms with E-state index in [0.717, 1.165) is 13.0 Å². The molecule has 0 aromatic heterocycles. The van der Waals surface area contributed by atoms with Gasteiger partial charge in [0.15, 0.2) is 0 Å². The molecule has 1 fully saturated rings. The fourth-order valence-corrected chi connectivity index (χ4v) is 4.41. The molecule has 0 heterocycles. The van der Waals surface area contributed by atoms with Crippen LogP contribution < -0.4 is 10.0 Å². The molecule has 1 aliphatic rings. The van der Waals surface area contributed by atoms with Gasteiger partial charge in [-0.25, -0.2) is 13.1 Å². The third-order valence-electron chi connectivity index (χ3n) is 4.01. The topological polar surface area (TPSA) is 58.2 Å². The molecule has 1 saturated carbocycles. The van der Waals surface area contributed by atoms with E-state index in [1.165, 1.54) is 25.7 Å². The minimum absolute atomic E-state index is 0.213. The van der Waals surface area contributed by atoms with Crippen LogP contribution in [-0.2, 0) is 10.0 Å². The summed E-state index contributed by atoms with van der Waals surface area (Å²) in [6.45, 7) is 5.83. The summed E-state index contributed by atoms with van der Waals surface area (Å²) in [5, 5.41) is 2.98. The van der Waals surface area contributed by atoms with Gasteiger partial charge in [-0.3, -0.25) is 0 Å². The van der Waals surface area contributed by atoms with Crippen molar-refractivity contribution in [3.8, 4) is 0 Å². The maximum Gasteiger partial charge on any atom is 0.211 e. The summed E-state index contributed by atoms with van der Waals surface area (Å²) in [6.07, 6.45) is 6.63. The summed E-state index contributed by atoms with van der Waals surface area (Å²) in [4.78, 5) is 0. The monoisotopic (exact) mass is 290 g/mol. The Morgan fingerprint density at radius 1 is 1.21 bits per heavy atom. The van der Waals surface area contributed by atoms with Crippen molar-refractivity contribution in [2.45, 2.75) is 52.4 Å². The molecule has 5 heteroatoms. The van der Waals surface area contributed by atoms with Crippen molar-refractivity contribution in [3.05, 3.63) is 0 Å². The maximum atomic E-state index is 12.0. The molecule has 0 aromatic carbocycles. The van der Waals surface area contributed by atoms with Crippen LogP contribution in [0.4, 0.5) is 0 Å². The molecule has 0 spiro atoms. The van der Waals surface area contributed by atoms with Crippen LogP contribution in [0.2, 0.25) is 0 Å². The lowest BCUT2D eigenvalue weighted by Crippen LogP contribution is -2.38. The first-order chi connectivity index (χ1) is 8.89. The first-order valence-corrected chi connectivity index (χ1v) is 9.16.